The van der Waals surface area contributed by atoms with E-state index in [1.807, 2.05) is 0 Å². The third kappa shape index (κ3) is 6.73. The fourth-order valence-corrected chi connectivity index (χ4v) is 15.9. The molecule has 0 aromatic rings. The van der Waals surface area contributed by atoms with E-state index < -0.39 is 24.7 Å². The van der Waals surface area contributed by atoms with Gasteiger partial charge in [-0.25, -0.2) is 0 Å². The molecule has 2 unspecified atom stereocenters. The SMILES string of the molecule is CCC(C)(O[Si](C)(C)C)[Si](C)(C)OC(C)[Si](C)(C)CC[SiH2]C. The van der Waals surface area contributed by atoms with Crippen molar-refractivity contribution in [1.29, 1.82) is 0 Å². The van der Waals surface area contributed by atoms with Crippen molar-refractivity contribution in [1.82, 2.24) is 0 Å². The molecule has 0 N–H and O–H groups in total. The topological polar surface area (TPSA) is 18.5 Å². The Bertz CT molecular complexity index is 340. The molecule has 0 aliphatic heterocycles. The van der Waals surface area contributed by atoms with Crippen molar-refractivity contribution >= 4 is 34.2 Å². The highest BCUT2D eigenvalue weighted by Crippen LogP contribution is 2.35. The highest BCUT2D eigenvalue weighted by molar-refractivity contribution is 6.82. The van der Waals surface area contributed by atoms with E-state index in [0.29, 0.717) is 5.73 Å². The Labute approximate surface area is 145 Å². The van der Waals surface area contributed by atoms with Gasteiger partial charge >= 0.3 is 0 Å². The van der Waals surface area contributed by atoms with Gasteiger partial charge in [0.05, 0.1) is 13.3 Å². The summed E-state index contributed by atoms with van der Waals surface area (Å²) in [6.07, 6.45) is 1.05. The standard InChI is InChI=1S/C16H42O2Si4/c1-12-16(3,18-20(5,6)7)22(10,11)17-15(2)21(8,9)14-13-19-4/h15H,12-14,19H2,1-11H3. The maximum Gasteiger partial charge on any atom is 0.216 e. The van der Waals surface area contributed by atoms with Crippen LogP contribution >= 0.6 is 0 Å². The Kier molecular flexibility index (Phi) is 8.54. The molecule has 0 fully saturated rings. The van der Waals surface area contributed by atoms with Crippen LogP contribution in [0.2, 0.25) is 64.5 Å². The summed E-state index contributed by atoms with van der Waals surface area (Å²) in [5.74, 6) is 0. The maximum absolute atomic E-state index is 6.81. The molecule has 0 heterocycles. The number of rotatable bonds is 10. The minimum Gasteiger partial charge on any atom is -0.415 e. The Hall–Kier alpha value is 0.788. The lowest BCUT2D eigenvalue weighted by atomic mass is 10.3. The molecule has 22 heavy (non-hydrogen) atoms. The van der Waals surface area contributed by atoms with E-state index in [1.165, 1.54) is 12.1 Å². The first kappa shape index (κ1) is 22.8. The summed E-state index contributed by atoms with van der Waals surface area (Å²) >= 11 is 0. The number of hydrogen-bond acceptors (Lipinski definition) is 2. The second kappa shape index (κ2) is 8.25. The Morgan fingerprint density at radius 2 is 1.55 bits per heavy atom. The first-order chi connectivity index (χ1) is 9.71. The van der Waals surface area contributed by atoms with Gasteiger partial charge in [0.2, 0.25) is 8.32 Å². The van der Waals surface area contributed by atoms with Gasteiger partial charge in [-0.05, 0) is 53.0 Å². The van der Waals surface area contributed by atoms with Crippen molar-refractivity contribution in [2.75, 3.05) is 0 Å². The predicted molar refractivity (Wildman–Crippen MR) is 113 cm³/mol. The molecule has 0 aliphatic rings. The van der Waals surface area contributed by atoms with E-state index in [4.69, 9.17) is 8.85 Å². The van der Waals surface area contributed by atoms with E-state index in [1.54, 1.807) is 0 Å². The zero-order valence-electron chi connectivity index (χ0n) is 17.2. The van der Waals surface area contributed by atoms with Gasteiger partial charge in [-0.2, -0.15) is 0 Å². The van der Waals surface area contributed by atoms with Gasteiger partial charge in [0, 0.05) is 15.2 Å². The van der Waals surface area contributed by atoms with Crippen LogP contribution < -0.4 is 0 Å². The van der Waals surface area contributed by atoms with Crippen molar-refractivity contribution < 1.29 is 8.85 Å². The van der Waals surface area contributed by atoms with Crippen molar-refractivity contribution in [2.24, 2.45) is 0 Å². The molecule has 0 rings (SSSR count). The molecule has 0 aliphatic carbocycles. The fraction of sp³-hybridized carbons (Fsp3) is 1.00. The van der Waals surface area contributed by atoms with Gasteiger partial charge in [0.25, 0.3) is 0 Å². The largest absolute Gasteiger partial charge is 0.415 e. The molecule has 134 valence electrons. The molecule has 0 saturated carbocycles. The Morgan fingerprint density at radius 3 is 1.91 bits per heavy atom. The lowest BCUT2D eigenvalue weighted by Crippen LogP contribution is -2.62. The van der Waals surface area contributed by atoms with Gasteiger partial charge in [0.15, 0.2) is 8.32 Å². The Balaban J connectivity index is 5.12. The summed E-state index contributed by atoms with van der Waals surface area (Å²) in [5, 5.41) is -0.0737. The lowest BCUT2D eigenvalue weighted by Gasteiger charge is -2.48. The van der Waals surface area contributed by atoms with Crippen molar-refractivity contribution in [3.63, 3.8) is 0 Å². The number of hydrogen-bond donors (Lipinski definition) is 0. The van der Waals surface area contributed by atoms with Crippen LogP contribution in [0.3, 0.4) is 0 Å². The zero-order valence-corrected chi connectivity index (χ0v) is 21.6. The van der Waals surface area contributed by atoms with Crippen LogP contribution in [0.1, 0.15) is 27.2 Å². The minimum absolute atomic E-state index is 0.0737. The molecule has 2 nitrogen and oxygen atoms in total. The first-order valence-corrected chi connectivity index (χ1v) is 21.1. The van der Waals surface area contributed by atoms with Crippen molar-refractivity contribution in [2.45, 2.75) is 103 Å². The molecule has 0 radical (unpaired) electrons. The van der Waals surface area contributed by atoms with Crippen LogP contribution in [0.15, 0.2) is 0 Å². The molecule has 0 aromatic carbocycles. The second-order valence-corrected chi connectivity index (χ2v) is 24.9. The predicted octanol–water partition coefficient (Wildman–Crippen LogP) is 5.04. The van der Waals surface area contributed by atoms with Gasteiger partial charge in [0.1, 0.15) is 0 Å². The third-order valence-corrected chi connectivity index (χ3v) is 16.4. The lowest BCUT2D eigenvalue weighted by molar-refractivity contribution is 0.111. The summed E-state index contributed by atoms with van der Waals surface area (Å²) in [5.41, 5.74) is 0.436. The molecule has 0 aromatic heterocycles. The second-order valence-electron chi connectivity index (χ2n) is 9.16. The summed E-state index contributed by atoms with van der Waals surface area (Å²) in [6.45, 7) is 25.9. The van der Waals surface area contributed by atoms with Crippen molar-refractivity contribution in [3.8, 4) is 0 Å². The average molecular weight is 379 g/mol. The summed E-state index contributed by atoms with van der Waals surface area (Å²) < 4.78 is 13.4. The highest BCUT2D eigenvalue weighted by atomic mass is 28.4. The van der Waals surface area contributed by atoms with Gasteiger partial charge in [-0.1, -0.05) is 38.7 Å². The molecule has 0 spiro atoms. The summed E-state index contributed by atoms with van der Waals surface area (Å²) in [4.78, 5) is 0. The maximum atomic E-state index is 6.81. The molecule has 6 heteroatoms. The van der Waals surface area contributed by atoms with E-state index >= 15 is 0 Å². The third-order valence-electron chi connectivity index (χ3n) is 5.23. The molecule has 0 amide bonds. The smallest absolute Gasteiger partial charge is 0.216 e. The van der Waals surface area contributed by atoms with Crippen LogP contribution in [-0.4, -0.2) is 45.2 Å². The van der Waals surface area contributed by atoms with Crippen LogP contribution in [0.4, 0.5) is 0 Å². The van der Waals surface area contributed by atoms with Crippen LogP contribution in [0, 0.1) is 0 Å². The van der Waals surface area contributed by atoms with Crippen molar-refractivity contribution in [3.05, 3.63) is 0 Å². The summed E-state index contributed by atoms with van der Waals surface area (Å²) in [6, 6.07) is 2.91. The van der Waals surface area contributed by atoms with E-state index in [0.717, 1.165) is 6.42 Å². The molecule has 0 saturated heterocycles. The normalized spacial score (nSPS) is 18.7. The average Bonchev–Trinajstić information content (AvgIpc) is 2.33. The quantitative estimate of drug-likeness (QED) is 0.496. The monoisotopic (exact) mass is 378 g/mol. The summed E-state index contributed by atoms with van der Waals surface area (Å²) in [7, 11) is -4.60. The van der Waals surface area contributed by atoms with E-state index in [2.05, 4.69) is 73.1 Å². The minimum atomic E-state index is -1.92. The van der Waals surface area contributed by atoms with Crippen LogP contribution in [0.25, 0.3) is 0 Å². The van der Waals surface area contributed by atoms with Gasteiger partial charge in [-0.3, -0.25) is 0 Å². The van der Waals surface area contributed by atoms with Crippen LogP contribution in [-0.2, 0) is 8.85 Å². The van der Waals surface area contributed by atoms with Gasteiger partial charge in [-0.15, -0.1) is 0 Å². The first-order valence-electron chi connectivity index (χ1n) is 9.09. The van der Waals surface area contributed by atoms with E-state index in [-0.39, 0.29) is 14.7 Å². The van der Waals surface area contributed by atoms with Crippen LogP contribution in [0.5, 0.6) is 0 Å². The molecule has 0 bridgehead atoms. The molecular weight excluding hydrogens is 337 g/mol. The van der Waals surface area contributed by atoms with Gasteiger partial charge < -0.3 is 8.85 Å². The molecular formula is C16H42O2Si4. The fourth-order valence-electron chi connectivity index (χ4n) is 2.86. The Morgan fingerprint density at radius 1 is 1.05 bits per heavy atom. The zero-order chi connectivity index (χ0) is 17.8. The highest BCUT2D eigenvalue weighted by Gasteiger charge is 2.49. The van der Waals surface area contributed by atoms with E-state index in [9.17, 15) is 0 Å². The molecule has 2 atom stereocenters.